The summed E-state index contributed by atoms with van der Waals surface area (Å²) in [7, 11) is 0. The highest BCUT2D eigenvalue weighted by Gasteiger charge is 2.29. The van der Waals surface area contributed by atoms with E-state index in [2.05, 4.69) is 65.8 Å². The van der Waals surface area contributed by atoms with Gasteiger partial charge in [-0.05, 0) is 109 Å². The van der Waals surface area contributed by atoms with Crippen molar-refractivity contribution in [2.45, 2.75) is 118 Å². The first kappa shape index (κ1) is 30.9. The number of benzene rings is 2. The van der Waals surface area contributed by atoms with Gasteiger partial charge < -0.3 is 18.9 Å². The second-order valence-electron chi connectivity index (χ2n) is 12.1. The summed E-state index contributed by atoms with van der Waals surface area (Å²) in [6.07, 6.45) is 11.6. The van der Waals surface area contributed by atoms with Crippen molar-refractivity contribution in [1.29, 1.82) is 0 Å². The Hall–Kier alpha value is -2.04. The molecule has 0 bridgehead atoms. The minimum atomic E-state index is 0.490. The highest BCUT2D eigenvalue weighted by atomic mass is 16.6. The lowest BCUT2D eigenvalue weighted by Crippen LogP contribution is -2.09. The van der Waals surface area contributed by atoms with Crippen molar-refractivity contribution < 1.29 is 18.9 Å². The Morgan fingerprint density at radius 1 is 0.625 bits per heavy atom. The van der Waals surface area contributed by atoms with Gasteiger partial charge in [-0.25, -0.2) is 0 Å². The SMILES string of the molecule is CCc1cc(CCc2cc(CC)c(OCCCC(C)C3CO3)c(CC)c2)cc(CC)c1OCCCC(C)C1CO1. The van der Waals surface area contributed by atoms with Gasteiger partial charge in [0.05, 0.1) is 38.6 Å². The Morgan fingerprint density at radius 3 is 1.23 bits per heavy atom. The molecule has 0 aromatic heterocycles. The number of rotatable bonds is 19. The van der Waals surface area contributed by atoms with Crippen LogP contribution in [0, 0.1) is 11.8 Å². The van der Waals surface area contributed by atoms with E-state index in [9.17, 15) is 0 Å². The number of ether oxygens (including phenoxy) is 4. The van der Waals surface area contributed by atoms with Crippen LogP contribution in [-0.2, 0) is 48.0 Å². The molecular weight excluding hydrogens is 496 g/mol. The Morgan fingerprint density at radius 2 is 0.950 bits per heavy atom. The molecule has 2 fully saturated rings. The minimum absolute atomic E-state index is 0.490. The maximum Gasteiger partial charge on any atom is 0.125 e. The molecule has 2 aliphatic heterocycles. The molecule has 4 rings (SSSR count). The molecule has 0 N–H and O–H groups in total. The second-order valence-corrected chi connectivity index (χ2v) is 12.1. The molecule has 2 aliphatic rings. The van der Waals surface area contributed by atoms with Crippen LogP contribution in [0.1, 0.15) is 101 Å². The molecule has 0 radical (unpaired) electrons. The van der Waals surface area contributed by atoms with E-state index in [4.69, 9.17) is 18.9 Å². The fourth-order valence-electron chi connectivity index (χ4n) is 5.95. The zero-order chi connectivity index (χ0) is 28.5. The lowest BCUT2D eigenvalue weighted by molar-refractivity contribution is 0.271. The van der Waals surface area contributed by atoms with Gasteiger partial charge >= 0.3 is 0 Å². The minimum Gasteiger partial charge on any atom is -0.493 e. The molecule has 2 aromatic rings. The van der Waals surface area contributed by atoms with Crippen molar-refractivity contribution in [2.75, 3.05) is 26.4 Å². The van der Waals surface area contributed by atoms with E-state index in [1.54, 1.807) is 0 Å². The second kappa shape index (κ2) is 15.3. The van der Waals surface area contributed by atoms with Crippen molar-refractivity contribution in [3.63, 3.8) is 0 Å². The first-order valence-corrected chi connectivity index (χ1v) is 16.2. The third kappa shape index (κ3) is 8.73. The van der Waals surface area contributed by atoms with E-state index >= 15 is 0 Å². The van der Waals surface area contributed by atoms with E-state index in [0.717, 1.165) is 89.3 Å². The molecule has 0 amide bonds. The molecule has 2 saturated heterocycles. The molecule has 2 heterocycles. The summed E-state index contributed by atoms with van der Waals surface area (Å²) in [4.78, 5) is 0. The average Bonchev–Trinajstić information content (AvgIpc) is 3.89. The Bertz CT molecular complexity index is 933. The third-order valence-electron chi connectivity index (χ3n) is 8.92. The zero-order valence-corrected chi connectivity index (χ0v) is 26.2. The van der Waals surface area contributed by atoms with Gasteiger partial charge in [0.2, 0.25) is 0 Å². The molecule has 4 heteroatoms. The monoisotopic (exact) mass is 550 g/mol. The molecule has 222 valence electrons. The quantitative estimate of drug-likeness (QED) is 0.131. The molecule has 4 atom stereocenters. The van der Waals surface area contributed by atoms with Gasteiger partial charge in [-0.2, -0.15) is 0 Å². The van der Waals surface area contributed by atoms with Crippen molar-refractivity contribution in [2.24, 2.45) is 11.8 Å². The summed E-state index contributed by atoms with van der Waals surface area (Å²) in [5.74, 6) is 3.54. The summed E-state index contributed by atoms with van der Waals surface area (Å²) in [6.45, 7) is 17.0. The van der Waals surface area contributed by atoms with Crippen LogP contribution in [0.2, 0.25) is 0 Å². The molecule has 0 spiro atoms. The Balaban J connectivity index is 1.36. The predicted molar refractivity (Wildman–Crippen MR) is 165 cm³/mol. The summed E-state index contributed by atoms with van der Waals surface area (Å²) < 4.78 is 23.7. The third-order valence-corrected chi connectivity index (χ3v) is 8.92. The van der Waals surface area contributed by atoms with Gasteiger partial charge in [0.15, 0.2) is 0 Å². The van der Waals surface area contributed by atoms with Crippen molar-refractivity contribution >= 4 is 0 Å². The van der Waals surface area contributed by atoms with Gasteiger partial charge in [-0.15, -0.1) is 0 Å². The van der Waals surface area contributed by atoms with Gasteiger partial charge in [0, 0.05) is 0 Å². The van der Waals surface area contributed by atoms with E-state index in [1.165, 1.54) is 46.2 Å². The van der Waals surface area contributed by atoms with E-state index in [-0.39, 0.29) is 0 Å². The largest absolute Gasteiger partial charge is 0.493 e. The number of hydrogen-bond acceptors (Lipinski definition) is 4. The molecule has 40 heavy (non-hydrogen) atoms. The highest BCUT2D eigenvalue weighted by molar-refractivity contribution is 5.47. The molecule has 2 aromatic carbocycles. The lowest BCUT2D eigenvalue weighted by Gasteiger charge is -2.19. The molecule has 4 unspecified atom stereocenters. The van der Waals surface area contributed by atoms with Crippen LogP contribution in [0.25, 0.3) is 0 Å². The smallest absolute Gasteiger partial charge is 0.125 e. The van der Waals surface area contributed by atoms with Crippen LogP contribution in [-0.4, -0.2) is 38.6 Å². The van der Waals surface area contributed by atoms with Crippen molar-refractivity contribution in [3.8, 4) is 11.5 Å². The van der Waals surface area contributed by atoms with Crippen molar-refractivity contribution in [1.82, 2.24) is 0 Å². The standard InChI is InChI=1S/C36H54O4/c1-7-29-19-27(20-30(8-2)35(29)37-17-11-13-25(5)33-23-39-33)15-16-28-21-31(9-3)36(32(10-4)22-28)38-18-12-14-26(6)34-24-40-34/h19-22,25-26,33-34H,7-18,23-24H2,1-6H3. The number of epoxide rings is 2. The number of aryl methyl sites for hydroxylation is 6. The number of hydrogen-bond donors (Lipinski definition) is 0. The van der Waals surface area contributed by atoms with Crippen LogP contribution >= 0.6 is 0 Å². The maximum atomic E-state index is 6.40. The Labute approximate surface area is 244 Å². The average molecular weight is 551 g/mol. The van der Waals surface area contributed by atoms with Crippen LogP contribution in [0.15, 0.2) is 24.3 Å². The zero-order valence-electron chi connectivity index (χ0n) is 26.2. The van der Waals surface area contributed by atoms with E-state index in [1.807, 2.05) is 0 Å². The van der Waals surface area contributed by atoms with Gasteiger partial charge in [-0.1, -0.05) is 65.8 Å². The summed E-state index contributed by atoms with van der Waals surface area (Å²) in [5.41, 5.74) is 8.24. The van der Waals surface area contributed by atoms with Gasteiger partial charge in [-0.3, -0.25) is 0 Å². The van der Waals surface area contributed by atoms with Gasteiger partial charge in [0.1, 0.15) is 11.5 Å². The van der Waals surface area contributed by atoms with Crippen molar-refractivity contribution in [3.05, 3.63) is 57.6 Å². The first-order valence-electron chi connectivity index (χ1n) is 16.2. The fraction of sp³-hybridized carbons (Fsp3) is 0.667. The maximum absolute atomic E-state index is 6.40. The lowest BCUT2D eigenvalue weighted by atomic mass is 9.94. The van der Waals surface area contributed by atoms with Crippen LogP contribution < -0.4 is 9.47 Å². The Kier molecular flexibility index (Phi) is 11.8. The first-order chi connectivity index (χ1) is 19.5. The van der Waals surface area contributed by atoms with Crippen LogP contribution in [0.3, 0.4) is 0 Å². The summed E-state index contributed by atoms with van der Waals surface area (Å²) in [5, 5.41) is 0. The molecule has 0 saturated carbocycles. The molecule has 0 aliphatic carbocycles. The van der Waals surface area contributed by atoms with Gasteiger partial charge in [0.25, 0.3) is 0 Å². The van der Waals surface area contributed by atoms with Crippen LogP contribution in [0.5, 0.6) is 11.5 Å². The fourth-order valence-corrected chi connectivity index (χ4v) is 5.95. The topological polar surface area (TPSA) is 43.5 Å². The summed E-state index contributed by atoms with van der Waals surface area (Å²) >= 11 is 0. The van der Waals surface area contributed by atoms with Crippen LogP contribution in [0.4, 0.5) is 0 Å². The molecular formula is C36H54O4. The van der Waals surface area contributed by atoms with E-state index < -0.39 is 0 Å². The predicted octanol–water partition coefficient (Wildman–Crippen LogP) is 8.11. The van der Waals surface area contributed by atoms with E-state index in [0.29, 0.717) is 24.0 Å². The molecule has 4 nitrogen and oxygen atoms in total. The summed E-state index contributed by atoms with van der Waals surface area (Å²) in [6, 6.07) is 9.56. The normalized spacial score (nSPS) is 19.4. The highest BCUT2D eigenvalue weighted by Crippen LogP contribution is 2.32.